The predicted molar refractivity (Wildman–Crippen MR) is 75.6 cm³/mol. The fourth-order valence-corrected chi connectivity index (χ4v) is 3.18. The van der Waals surface area contributed by atoms with Crippen molar-refractivity contribution in [2.24, 2.45) is 0 Å². The molecule has 2 fully saturated rings. The van der Waals surface area contributed by atoms with Gasteiger partial charge in [0.15, 0.2) is 0 Å². The van der Waals surface area contributed by atoms with E-state index in [0.29, 0.717) is 19.0 Å². The molecule has 3 atom stereocenters. The number of hydrogen-bond acceptors (Lipinski definition) is 3. The Balaban J connectivity index is 1.97. The molecule has 0 spiro atoms. The Bertz CT molecular complexity index is 401. The number of carbonyl (C=O) groups excluding carboxylic acids is 1. The standard InChI is InChI=1S/C14H25N3O3/c1-10-9-11(5-8-16(10)3)15-13(20)17-7-4-6-14(17,2)12(18)19/h10-11H,4-9H2,1-3H3,(H,15,20)(H,18,19). The average molecular weight is 283 g/mol. The molecule has 20 heavy (non-hydrogen) atoms. The zero-order valence-corrected chi connectivity index (χ0v) is 12.6. The van der Waals surface area contributed by atoms with E-state index in [1.807, 2.05) is 0 Å². The van der Waals surface area contributed by atoms with Gasteiger partial charge in [0.1, 0.15) is 5.54 Å². The number of likely N-dealkylation sites (tertiary alicyclic amines) is 2. The lowest BCUT2D eigenvalue weighted by Crippen LogP contribution is -2.57. The summed E-state index contributed by atoms with van der Waals surface area (Å²) >= 11 is 0. The molecule has 2 aliphatic rings. The summed E-state index contributed by atoms with van der Waals surface area (Å²) in [4.78, 5) is 27.5. The third-order valence-corrected chi connectivity index (χ3v) is 4.88. The fourth-order valence-electron chi connectivity index (χ4n) is 3.18. The van der Waals surface area contributed by atoms with Crippen molar-refractivity contribution in [2.45, 2.75) is 57.2 Å². The van der Waals surface area contributed by atoms with Crippen LogP contribution in [0.4, 0.5) is 4.79 Å². The molecule has 2 N–H and O–H groups in total. The number of piperidine rings is 1. The molecule has 3 unspecified atom stereocenters. The second-order valence-electron chi connectivity index (χ2n) is 6.33. The van der Waals surface area contributed by atoms with Gasteiger partial charge in [0.25, 0.3) is 0 Å². The summed E-state index contributed by atoms with van der Waals surface area (Å²) in [5.41, 5.74) is -1.05. The molecule has 114 valence electrons. The number of nitrogens with zero attached hydrogens (tertiary/aromatic N) is 2. The lowest BCUT2D eigenvalue weighted by Gasteiger charge is -2.37. The summed E-state index contributed by atoms with van der Waals surface area (Å²) in [6.07, 6.45) is 3.11. The van der Waals surface area contributed by atoms with Crippen LogP contribution in [-0.4, -0.2) is 64.7 Å². The smallest absolute Gasteiger partial charge is 0.329 e. The Kier molecular flexibility index (Phi) is 4.22. The van der Waals surface area contributed by atoms with Crippen molar-refractivity contribution in [3.05, 3.63) is 0 Å². The van der Waals surface area contributed by atoms with Crippen molar-refractivity contribution in [2.75, 3.05) is 20.1 Å². The van der Waals surface area contributed by atoms with E-state index in [1.165, 1.54) is 4.90 Å². The third kappa shape index (κ3) is 2.75. The monoisotopic (exact) mass is 283 g/mol. The molecule has 2 aliphatic heterocycles. The molecule has 2 saturated heterocycles. The molecule has 0 radical (unpaired) electrons. The van der Waals surface area contributed by atoms with Crippen LogP contribution in [0.5, 0.6) is 0 Å². The van der Waals surface area contributed by atoms with Gasteiger partial charge < -0.3 is 20.2 Å². The van der Waals surface area contributed by atoms with Gasteiger partial charge in [-0.3, -0.25) is 0 Å². The first-order valence-corrected chi connectivity index (χ1v) is 7.36. The van der Waals surface area contributed by atoms with Gasteiger partial charge in [0.05, 0.1) is 0 Å². The lowest BCUT2D eigenvalue weighted by atomic mass is 9.98. The first-order chi connectivity index (χ1) is 9.34. The van der Waals surface area contributed by atoms with Crippen LogP contribution in [0.15, 0.2) is 0 Å². The van der Waals surface area contributed by atoms with Gasteiger partial charge >= 0.3 is 12.0 Å². The van der Waals surface area contributed by atoms with Gasteiger partial charge in [-0.05, 0) is 46.6 Å². The zero-order valence-electron chi connectivity index (χ0n) is 12.6. The number of amides is 2. The predicted octanol–water partition coefficient (Wildman–Crippen LogP) is 1.12. The van der Waals surface area contributed by atoms with Crippen molar-refractivity contribution in [3.8, 4) is 0 Å². The van der Waals surface area contributed by atoms with E-state index in [0.717, 1.165) is 25.8 Å². The third-order valence-electron chi connectivity index (χ3n) is 4.88. The first-order valence-electron chi connectivity index (χ1n) is 7.36. The Labute approximate surface area is 120 Å². The van der Waals surface area contributed by atoms with Crippen LogP contribution in [0.3, 0.4) is 0 Å². The van der Waals surface area contributed by atoms with Gasteiger partial charge in [0.2, 0.25) is 0 Å². The van der Waals surface area contributed by atoms with Crippen molar-refractivity contribution in [1.29, 1.82) is 0 Å². The molecule has 0 aromatic heterocycles. The van der Waals surface area contributed by atoms with Crippen LogP contribution in [0, 0.1) is 0 Å². The highest BCUT2D eigenvalue weighted by Gasteiger charge is 2.46. The van der Waals surface area contributed by atoms with Crippen LogP contribution in [0.2, 0.25) is 0 Å². The maximum atomic E-state index is 12.4. The second kappa shape index (κ2) is 5.60. The molecule has 0 aromatic rings. The highest BCUT2D eigenvalue weighted by molar-refractivity contribution is 5.86. The Morgan fingerprint density at radius 2 is 2.05 bits per heavy atom. The van der Waals surface area contributed by atoms with E-state index in [9.17, 15) is 14.7 Å². The van der Waals surface area contributed by atoms with E-state index in [2.05, 4.69) is 24.2 Å². The molecule has 0 aromatic carbocycles. The number of carbonyl (C=O) groups is 2. The van der Waals surface area contributed by atoms with E-state index >= 15 is 0 Å². The van der Waals surface area contributed by atoms with Gasteiger partial charge in [-0.25, -0.2) is 9.59 Å². The van der Waals surface area contributed by atoms with Gasteiger partial charge in [-0.2, -0.15) is 0 Å². The van der Waals surface area contributed by atoms with E-state index in [-0.39, 0.29) is 12.1 Å². The van der Waals surface area contributed by atoms with Crippen LogP contribution in [0.1, 0.15) is 39.5 Å². The molecule has 2 amide bonds. The van der Waals surface area contributed by atoms with E-state index in [1.54, 1.807) is 6.92 Å². The molecular formula is C14H25N3O3. The van der Waals surface area contributed by atoms with Crippen molar-refractivity contribution >= 4 is 12.0 Å². The van der Waals surface area contributed by atoms with Crippen molar-refractivity contribution in [3.63, 3.8) is 0 Å². The number of aliphatic carboxylic acids is 1. The van der Waals surface area contributed by atoms with E-state index in [4.69, 9.17) is 0 Å². The Morgan fingerprint density at radius 1 is 1.35 bits per heavy atom. The lowest BCUT2D eigenvalue weighted by molar-refractivity contribution is -0.147. The number of urea groups is 1. The number of carboxylic acids is 1. The minimum absolute atomic E-state index is 0.146. The Hall–Kier alpha value is -1.30. The maximum absolute atomic E-state index is 12.4. The fraction of sp³-hybridized carbons (Fsp3) is 0.857. The molecule has 2 rings (SSSR count). The summed E-state index contributed by atoms with van der Waals surface area (Å²) < 4.78 is 0. The summed E-state index contributed by atoms with van der Waals surface area (Å²) in [5, 5.41) is 12.4. The molecule has 0 bridgehead atoms. The van der Waals surface area contributed by atoms with E-state index < -0.39 is 11.5 Å². The van der Waals surface area contributed by atoms with Crippen LogP contribution < -0.4 is 5.32 Å². The summed E-state index contributed by atoms with van der Waals surface area (Å²) in [5.74, 6) is -0.915. The summed E-state index contributed by atoms with van der Waals surface area (Å²) in [6, 6.07) is 0.361. The minimum Gasteiger partial charge on any atom is -0.480 e. The molecule has 2 heterocycles. The zero-order chi connectivity index (χ0) is 14.9. The maximum Gasteiger partial charge on any atom is 0.329 e. The summed E-state index contributed by atoms with van der Waals surface area (Å²) in [6.45, 7) is 5.27. The average Bonchev–Trinajstić information content (AvgIpc) is 2.77. The second-order valence-corrected chi connectivity index (χ2v) is 6.33. The van der Waals surface area contributed by atoms with Crippen LogP contribution in [0.25, 0.3) is 0 Å². The number of carboxylic acid groups (broad SMARTS) is 1. The first kappa shape index (κ1) is 15.1. The van der Waals surface area contributed by atoms with Crippen molar-refractivity contribution < 1.29 is 14.7 Å². The SMILES string of the molecule is CC1CC(NC(=O)N2CCCC2(C)C(=O)O)CCN1C. The van der Waals surface area contributed by atoms with Crippen LogP contribution in [-0.2, 0) is 4.79 Å². The summed E-state index contributed by atoms with van der Waals surface area (Å²) in [7, 11) is 2.09. The Morgan fingerprint density at radius 3 is 2.65 bits per heavy atom. The molecule has 6 nitrogen and oxygen atoms in total. The number of nitrogens with one attached hydrogen (secondary N) is 1. The quantitative estimate of drug-likeness (QED) is 0.796. The minimum atomic E-state index is -1.05. The molecule has 6 heteroatoms. The van der Waals surface area contributed by atoms with Gasteiger partial charge in [-0.15, -0.1) is 0 Å². The van der Waals surface area contributed by atoms with Crippen molar-refractivity contribution in [1.82, 2.24) is 15.1 Å². The molecule has 0 saturated carbocycles. The molecule has 0 aliphatic carbocycles. The van der Waals surface area contributed by atoms with Crippen LogP contribution >= 0.6 is 0 Å². The highest BCUT2D eigenvalue weighted by atomic mass is 16.4. The normalized spacial score (nSPS) is 35.0. The van der Waals surface area contributed by atoms with Gasteiger partial charge in [0, 0.05) is 25.2 Å². The van der Waals surface area contributed by atoms with Gasteiger partial charge in [-0.1, -0.05) is 0 Å². The number of hydrogen-bond donors (Lipinski definition) is 2. The highest BCUT2D eigenvalue weighted by Crippen LogP contribution is 2.29. The number of rotatable bonds is 2. The molecular weight excluding hydrogens is 258 g/mol. The largest absolute Gasteiger partial charge is 0.480 e. The topological polar surface area (TPSA) is 72.9 Å².